The van der Waals surface area contributed by atoms with Gasteiger partial charge in [-0.3, -0.25) is 13.9 Å². The van der Waals surface area contributed by atoms with Crippen LogP contribution < -0.4 is 9.62 Å². The molecule has 7 nitrogen and oxygen atoms in total. The molecule has 0 aromatic heterocycles. The predicted molar refractivity (Wildman–Crippen MR) is 172 cm³/mol. The van der Waals surface area contributed by atoms with Crippen LogP contribution in [0.5, 0.6) is 0 Å². The van der Waals surface area contributed by atoms with Gasteiger partial charge in [0.1, 0.15) is 12.6 Å². The SMILES string of the molecule is CNC(=O)C(Cc1ccccc1)N(Cc1ccc(C)cc1)C(=O)CN(c1ccc(C)c(Cl)c1)S(=O)(=O)c1ccc(C)cc1. The molecular formula is C34H36ClN3O4S. The van der Waals surface area contributed by atoms with E-state index in [1.54, 1.807) is 30.3 Å². The average molecular weight is 618 g/mol. The molecule has 1 atom stereocenters. The molecule has 1 N–H and O–H groups in total. The van der Waals surface area contributed by atoms with Crippen LogP contribution in [0, 0.1) is 20.8 Å². The highest BCUT2D eigenvalue weighted by molar-refractivity contribution is 7.92. The van der Waals surface area contributed by atoms with E-state index in [2.05, 4.69) is 5.32 Å². The van der Waals surface area contributed by atoms with Crippen molar-refractivity contribution in [2.45, 2.75) is 44.7 Å². The minimum Gasteiger partial charge on any atom is -0.357 e. The molecule has 0 saturated carbocycles. The zero-order valence-corrected chi connectivity index (χ0v) is 26.3. The molecule has 0 heterocycles. The largest absolute Gasteiger partial charge is 0.357 e. The molecule has 2 amide bonds. The van der Waals surface area contributed by atoms with Crippen LogP contribution in [0.3, 0.4) is 0 Å². The van der Waals surface area contributed by atoms with E-state index in [9.17, 15) is 18.0 Å². The van der Waals surface area contributed by atoms with Gasteiger partial charge in [-0.2, -0.15) is 0 Å². The van der Waals surface area contributed by atoms with Gasteiger partial charge in [0.15, 0.2) is 0 Å². The molecule has 4 rings (SSSR count). The van der Waals surface area contributed by atoms with Crippen molar-refractivity contribution in [1.82, 2.24) is 10.2 Å². The number of aryl methyl sites for hydroxylation is 3. The number of anilines is 1. The fourth-order valence-electron chi connectivity index (χ4n) is 4.71. The number of rotatable bonds is 11. The van der Waals surface area contributed by atoms with Crippen LogP contribution in [0.4, 0.5) is 5.69 Å². The van der Waals surface area contributed by atoms with Crippen LogP contribution >= 0.6 is 11.6 Å². The average Bonchev–Trinajstić information content (AvgIpc) is 3.00. The maximum absolute atomic E-state index is 14.3. The maximum atomic E-state index is 14.3. The normalized spacial score (nSPS) is 11.9. The lowest BCUT2D eigenvalue weighted by Crippen LogP contribution is -2.53. The van der Waals surface area contributed by atoms with Crippen molar-refractivity contribution in [3.8, 4) is 0 Å². The summed E-state index contributed by atoms with van der Waals surface area (Å²) in [6.07, 6.45) is 0.249. The Morgan fingerprint density at radius 1 is 0.814 bits per heavy atom. The van der Waals surface area contributed by atoms with Gasteiger partial charge < -0.3 is 10.2 Å². The Labute approximate surface area is 259 Å². The minimum absolute atomic E-state index is 0.0415. The summed E-state index contributed by atoms with van der Waals surface area (Å²) in [5.41, 5.74) is 4.66. The summed E-state index contributed by atoms with van der Waals surface area (Å²) in [6, 6.07) is 27.5. The number of likely N-dealkylation sites (N-methyl/N-ethyl adjacent to an activating group) is 1. The molecule has 43 heavy (non-hydrogen) atoms. The van der Waals surface area contributed by atoms with E-state index in [0.29, 0.717) is 5.02 Å². The number of benzene rings is 4. The van der Waals surface area contributed by atoms with E-state index < -0.39 is 28.5 Å². The van der Waals surface area contributed by atoms with Gasteiger partial charge in [-0.25, -0.2) is 8.42 Å². The van der Waals surface area contributed by atoms with Gasteiger partial charge in [0.05, 0.1) is 10.6 Å². The Morgan fingerprint density at radius 3 is 2.00 bits per heavy atom. The van der Waals surface area contributed by atoms with E-state index in [1.165, 1.54) is 24.1 Å². The number of nitrogens with zero attached hydrogens (tertiary/aromatic N) is 2. The second kappa shape index (κ2) is 13.9. The fraction of sp³-hybridized carbons (Fsp3) is 0.235. The van der Waals surface area contributed by atoms with Gasteiger partial charge >= 0.3 is 0 Å². The third-order valence-electron chi connectivity index (χ3n) is 7.32. The minimum atomic E-state index is -4.19. The van der Waals surface area contributed by atoms with Gasteiger partial charge in [0, 0.05) is 25.0 Å². The summed E-state index contributed by atoms with van der Waals surface area (Å²) in [5, 5.41) is 3.07. The van der Waals surface area contributed by atoms with Crippen LogP contribution in [-0.2, 0) is 32.6 Å². The zero-order valence-electron chi connectivity index (χ0n) is 24.7. The molecule has 4 aromatic rings. The number of amides is 2. The highest BCUT2D eigenvalue weighted by atomic mass is 35.5. The highest BCUT2D eigenvalue weighted by Gasteiger charge is 2.34. The molecule has 0 saturated heterocycles. The van der Waals surface area contributed by atoms with Gasteiger partial charge in [0.25, 0.3) is 10.0 Å². The molecule has 0 fully saturated rings. The lowest BCUT2D eigenvalue weighted by molar-refractivity contribution is -0.139. The van der Waals surface area contributed by atoms with Gasteiger partial charge in [-0.05, 0) is 61.7 Å². The second-order valence-electron chi connectivity index (χ2n) is 10.6. The van der Waals surface area contributed by atoms with Crippen molar-refractivity contribution >= 4 is 39.1 Å². The Balaban J connectivity index is 1.80. The standard InChI is InChI=1S/C34H36ClN3O4S/c1-24-10-15-28(16-11-24)22-37(32(34(40)36-4)20-27-8-6-5-7-9-27)33(39)23-38(29-17-14-26(3)31(35)21-29)43(41,42)30-18-12-25(2)13-19-30/h5-19,21,32H,20,22-23H2,1-4H3,(H,36,40). The molecule has 4 aromatic carbocycles. The highest BCUT2D eigenvalue weighted by Crippen LogP contribution is 2.29. The first-order valence-electron chi connectivity index (χ1n) is 14.0. The molecule has 0 radical (unpaired) electrons. The number of carbonyl (C=O) groups excluding carboxylic acids is 2. The third kappa shape index (κ3) is 7.83. The first kappa shape index (κ1) is 31.8. The van der Waals surface area contributed by atoms with Crippen molar-refractivity contribution in [2.75, 3.05) is 17.9 Å². The number of halogens is 1. The lowest BCUT2D eigenvalue weighted by atomic mass is 10.0. The first-order chi connectivity index (χ1) is 20.5. The van der Waals surface area contributed by atoms with Crippen LogP contribution in [0.25, 0.3) is 0 Å². The monoisotopic (exact) mass is 617 g/mol. The molecule has 224 valence electrons. The Hall–Kier alpha value is -4.14. The van der Waals surface area contributed by atoms with Crippen molar-refractivity contribution in [1.29, 1.82) is 0 Å². The summed E-state index contributed by atoms with van der Waals surface area (Å²) >= 11 is 6.43. The first-order valence-corrected chi connectivity index (χ1v) is 15.8. The van der Waals surface area contributed by atoms with Gasteiger partial charge in [-0.15, -0.1) is 0 Å². The molecule has 0 aliphatic heterocycles. The summed E-state index contributed by atoms with van der Waals surface area (Å²) in [4.78, 5) is 29.2. The molecule has 0 aliphatic rings. The van der Waals surface area contributed by atoms with Crippen molar-refractivity contribution in [2.24, 2.45) is 0 Å². The summed E-state index contributed by atoms with van der Waals surface area (Å²) in [5.74, 6) is -0.881. The molecule has 0 bridgehead atoms. The van der Waals surface area contributed by atoms with Crippen molar-refractivity contribution < 1.29 is 18.0 Å². The lowest BCUT2D eigenvalue weighted by Gasteiger charge is -2.33. The number of carbonyl (C=O) groups is 2. The summed E-state index contributed by atoms with van der Waals surface area (Å²) in [7, 11) is -2.67. The van der Waals surface area contributed by atoms with Gasteiger partial charge in [-0.1, -0.05) is 95.5 Å². The quantitative estimate of drug-likeness (QED) is 0.229. The smallest absolute Gasteiger partial charge is 0.264 e. The van der Waals surface area contributed by atoms with Crippen molar-refractivity contribution in [3.63, 3.8) is 0 Å². The van der Waals surface area contributed by atoms with Crippen LogP contribution in [-0.4, -0.2) is 44.8 Å². The van der Waals surface area contributed by atoms with E-state index in [1.807, 2.05) is 75.4 Å². The number of hydrogen-bond acceptors (Lipinski definition) is 4. The Morgan fingerprint density at radius 2 is 1.42 bits per heavy atom. The van der Waals surface area contributed by atoms with Gasteiger partial charge in [0.2, 0.25) is 11.8 Å². The van der Waals surface area contributed by atoms with Crippen LogP contribution in [0.15, 0.2) is 102 Å². The summed E-state index contributed by atoms with van der Waals surface area (Å²) < 4.78 is 29.2. The molecule has 1 unspecified atom stereocenters. The fourth-order valence-corrected chi connectivity index (χ4v) is 6.29. The maximum Gasteiger partial charge on any atom is 0.264 e. The number of nitrogens with one attached hydrogen (secondary N) is 1. The van der Waals surface area contributed by atoms with Crippen LogP contribution in [0.2, 0.25) is 5.02 Å². The molecule has 0 aliphatic carbocycles. The van der Waals surface area contributed by atoms with E-state index in [0.717, 1.165) is 32.1 Å². The van der Waals surface area contributed by atoms with E-state index in [4.69, 9.17) is 11.6 Å². The summed E-state index contributed by atoms with van der Waals surface area (Å²) in [6.45, 7) is 5.22. The third-order valence-corrected chi connectivity index (χ3v) is 9.52. The van der Waals surface area contributed by atoms with E-state index in [-0.39, 0.29) is 29.5 Å². The van der Waals surface area contributed by atoms with Crippen LogP contribution in [0.1, 0.15) is 27.8 Å². The molecule has 9 heteroatoms. The Bertz CT molecular complexity index is 1680. The second-order valence-corrected chi connectivity index (χ2v) is 12.9. The zero-order chi connectivity index (χ0) is 31.1. The van der Waals surface area contributed by atoms with E-state index >= 15 is 0 Å². The van der Waals surface area contributed by atoms with Crippen molar-refractivity contribution in [3.05, 3.63) is 130 Å². The molecule has 0 spiro atoms. The Kier molecular flexibility index (Phi) is 10.3. The number of hydrogen-bond donors (Lipinski definition) is 1. The predicted octanol–water partition coefficient (Wildman–Crippen LogP) is 5.85. The topological polar surface area (TPSA) is 86.8 Å². The number of sulfonamides is 1. The molecular weight excluding hydrogens is 582 g/mol.